The summed E-state index contributed by atoms with van der Waals surface area (Å²) in [5, 5.41) is 14.9. The fourth-order valence-electron chi connectivity index (χ4n) is 1.39. The van der Waals surface area contributed by atoms with Crippen LogP contribution < -0.4 is 10.6 Å². The molecule has 1 aromatic heterocycles. The lowest BCUT2D eigenvalue weighted by Crippen LogP contribution is -2.22. The molecule has 0 spiro atoms. The van der Waals surface area contributed by atoms with Crippen LogP contribution in [0.5, 0.6) is 0 Å². The molecule has 0 aliphatic rings. The average Bonchev–Trinajstić information content (AvgIpc) is 2.90. The number of carbonyl (C=O) groups is 1. The Hall–Kier alpha value is -1.02. The van der Waals surface area contributed by atoms with E-state index in [1.807, 2.05) is 0 Å². The largest absolute Gasteiger partial charge is 0.363 e. The third-order valence-electron chi connectivity index (χ3n) is 2.45. The van der Waals surface area contributed by atoms with Gasteiger partial charge in [-0.1, -0.05) is 46.3 Å². The summed E-state index contributed by atoms with van der Waals surface area (Å²) in [6.45, 7) is 1.79. The Morgan fingerprint density at radius 1 is 1.38 bits per heavy atom. The molecule has 112 valence electrons. The van der Waals surface area contributed by atoms with Gasteiger partial charge in [-0.2, -0.15) is 0 Å². The molecule has 0 saturated carbocycles. The van der Waals surface area contributed by atoms with E-state index in [-0.39, 0.29) is 11.2 Å². The van der Waals surface area contributed by atoms with Gasteiger partial charge in [-0.25, -0.2) is 0 Å². The normalized spacial score (nSPS) is 12.0. The minimum Gasteiger partial charge on any atom is -0.363 e. The molecule has 0 aliphatic heterocycles. The predicted octanol–water partition coefficient (Wildman–Crippen LogP) is 4.01. The summed E-state index contributed by atoms with van der Waals surface area (Å²) in [6, 6.07) is 4.92. The number of carbonyl (C=O) groups excluding carboxylic acids is 1. The molecule has 1 heterocycles. The summed E-state index contributed by atoms with van der Waals surface area (Å²) in [5.74, 6) is -0.176. The Bertz CT molecular complexity index is 650. The molecule has 0 bridgehead atoms. The maximum absolute atomic E-state index is 12.2. The number of hydrogen-bond acceptors (Lipinski definition) is 6. The van der Waals surface area contributed by atoms with Gasteiger partial charge in [-0.3, -0.25) is 4.79 Å². The molecule has 1 amide bonds. The quantitative estimate of drug-likeness (QED) is 0.786. The van der Waals surface area contributed by atoms with Crippen molar-refractivity contribution >= 4 is 63.0 Å². The maximum atomic E-state index is 12.2. The fraction of sp³-hybridized carbons (Fsp3) is 0.250. The Labute approximate surface area is 140 Å². The predicted molar refractivity (Wildman–Crippen MR) is 89.9 cm³/mol. The summed E-state index contributed by atoms with van der Waals surface area (Å²) in [7, 11) is 1.77. The highest BCUT2D eigenvalue weighted by Crippen LogP contribution is 2.30. The second kappa shape index (κ2) is 7.31. The minimum atomic E-state index is -0.335. The molecule has 0 radical (unpaired) electrons. The van der Waals surface area contributed by atoms with Gasteiger partial charge < -0.3 is 10.6 Å². The van der Waals surface area contributed by atoms with Crippen LogP contribution in [0.25, 0.3) is 0 Å². The number of rotatable bonds is 5. The third-order valence-corrected chi connectivity index (χ3v) is 5.14. The van der Waals surface area contributed by atoms with Crippen LogP contribution in [0.3, 0.4) is 0 Å². The van der Waals surface area contributed by atoms with Crippen LogP contribution in [0.4, 0.5) is 10.8 Å². The fourth-order valence-corrected chi connectivity index (χ4v) is 3.58. The zero-order chi connectivity index (χ0) is 15.4. The van der Waals surface area contributed by atoms with Gasteiger partial charge in [0.2, 0.25) is 11.0 Å². The van der Waals surface area contributed by atoms with Crippen molar-refractivity contribution in [2.75, 3.05) is 17.7 Å². The van der Waals surface area contributed by atoms with Gasteiger partial charge in [0, 0.05) is 12.1 Å². The molecule has 1 atom stereocenters. The van der Waals surface area contributed by atoms with Gasteiger partial charge in [0.1, 0.15) is 0 Å². The van der Waals surface area contributed by atoms with E-state index < -0.39 is 0 Å². The number of hydrogen-bond donors (Lipinski definition) is 2. The van der Waals surface area contributed by atoms with E-state index >= 15 is 0 Å². The number of benzene rings is 1. The van der Waals surface area contributed by atoms with Crippen LogP contribution in [0, 0.1) is 0 Å². The van der Waals surface area contributed by atoms with Crippen molar-refractivity contribution in [2.45, 2.75) is 16.5 Å². The van der Waals surface area contributed by atoms with E-state index in [2.05, 4.69) is 20.8 Å². The smallest absolute Gasteiger partial charge is 0.237 e. The number of thioether (sulfide) groups is 1. The number of nitrogens with one attached hydrogen (secondary N) is 2. The van der Waals surface area contributed by atoms with Gasteiger partial charge >= 0.3 is 0 Å². The van der Waals surface area contributed by atoms with E-state index in [4.69, 9.17) is 23.2 Å². The molecule has 5 nitrogen and oxygen atoms in total. The monoisotopic (exact) mass is 362 g/mol. The lowest BCUT2D eigenvalue weighted by atomic mass is 10.3. The highest BCUT2D eigenvalue weighted by atomic mass is 35.5. The van der Waals surface area contributed by atoms with Crippen LogP contribution in [0.1, 0.15) is 6.92 Å². The van der Waals surface area contributed by atoms with Crippen LogP contribution >= 0.6 is 46.3 Å². The Morgan fingerprint density at radius 3 is 2.81 bits per heavy atom. The number of aromatic nitrogens is 2. The van der Waals surface area contributed by atoms with Crippen molar-refractivity contribution < 1.29 is 4.79 Å². The Balaban J connectivity index is 2.00. The molecule has 9 heteroatoms. The molecule has 1 aromatic carbocycles. The maximum Gasteiger partial charge on any atom is 0.237 e. The SMILES string of the molecule is CNc1nnc(S[C@H](C)C(=O)Nc2cc(Cl)ccc2Cl)s1. The van der Waals surface area contributed by atoms with E-state index in [1.165, 1.54) is 23.1 Å². The number of halogens is 2. The number of amides is 1. The topological polar surface area (TPSA) is 66.9 Å². The molecular formula is C12H12Cl2N4OS2. The Kier molecular flexibility index (Phi) is 5.69. The average molecular weight is 363 g/mol. The first-order chi connectivity index (χ1) is 9.99. The first kappa shape index (κ1) is 16.4. The number of nitrogens with zero attached hydrogens (tertiary/aromatic N) is 2. The van der Waals surface area contributed by atoms with Gasteiger partial charge in [-0.05, 0) is 25.1 Å². The summed E-state index contributed by atoms with van der Waals surface area (Å²) < 4.78 is 0.721. The first-order valence-corrected chi connectivity index (χ1v) is 8.38. The Morgan fingerprint density at radius 2 is 2.14 bits per heavy atom. The van der Waals surface area contributed by atoms with Crippen LogP contribution in [0.15, 0.2) is 22.5 Å². The highest BCUT2D eigenvalue weighted by Gasteiger charge is 2.18. The molecule has 21 heavy (non-hydrogen) atoms. The molecule has 2 rings (SSSR count). The van der Waals surface area contributed by atoms with Crippen LogP contribution in [0.2, 0.25) is 10.0 Å². The summed E-state index contributed by atoms with van der Waals surface area (Å²) in [4.78, 5) is 12.2. The van der Waals surface area contributed by atoms with Crippen molar-refractivity contribution in [1.82, 2.24) is 10.2 Å². The summed E-state index contributed by atoms with van der Waals surface area (Å²) in [5.41, 5.74) is 0.495. The molecule has 2 aromatic rings. The highest BCUT2D eigenvalue weighted by molar-refractivity contribution is 8.02. The molecule has 0 aliphatic carbocycles. The second-order valence-corrected chi connectivity index (χ2v) is 7.41. The van der Waals surface area contributed by atoms with E-state index in [9.17, 15) is 4.79 Å². The van der Waals surface area contributed by atoms with Crippen molar-refractivity contribution in [1.29, 1.82) is 0 Å². The third kappa shape index (κ3) is 4.47. The molecule has 0 saturated heterocycles. The minimum absolute atomic E-state index is 0.176. The van der Waals surface area contributed by atoms with Crippen molar-refractivity contribution in [2.24, 2.45) is 0 Å². The zero-order valence-electron chi connectivity index (χ0n) is 11.2. The number of anilines is 2. The van der Waals surface area contributed by atoms with Gasteiger partial charge in [-0.15, -0.1) is 10.2 Å². The molecular weight excluding hydrogens is 351 g/mol. The van der Waals surface area contributed by atoms with Gasteiger partial charge in [0.15, 0.2) is 4.34 Å². The van der Waals surface area contributed by atoms with Gasteiger partial charge in [0.05, 0.1) is 16.0 Å². The van der Waals surface area contributed by atoms with Crippen molar-refractivity contribution in [3.8, 4) is 0 Å². The van der Waals surface area contributed by atoms with Crippen molar-refractivity contribution in [3.63, 3.8) is 0 Å². The van der Waals surface area contributed by atoms with E-state index in [0.717, 1.165) is 4.34 Å². The van der Waals surface area contributed by atoms with Crippen LogP contribution in [-0.2, 0) is 4.79 Å². The molecule has 0 fully saturated rings. The van der Waals surface area contributed by atoms with E-state index in [0.29, 0.717) is 20.9 Å². The zero-order valence-corrected chi connectivity index (χ0v) is 14.3. The summed E-state index contributed by atoms with van der Waals surface area (Å²) >= 11 is 14.6. The van der Waals surface area contributed by atoms with Crippen LogP contribution in [-0.4, -0.2) is 28.4 Å². The summed E-state index contributed by atoms with van der Waals surface area (Å²) in [6.07, 6.45) is 0. The standard InChI is InChI=1S/C12H12Cl2N4OS2/c1-6(20-12-18-17-11(15-2)21-12)10(19)16-9-5-7(13)3-4-8(9)14/h3-6H,1-2H3,(H,15,17)(H,16,19)/t6-/m1/s1. The van der Waals surface area contributed by atoms with Crippen molar-refractivity contribution in [3.05, 3.63) is 28.2 Å². The molecule has 0 unspecified atom stereocenters. The lowest BCUT2D eigenvalue weighted by molar-refractivity contribution is -0.115. The first-order valence-electron chi connectivity index (χ1n) is 5.93. The second-order valence-electron chi connectivity index (χ2n) is 4.00. The molecule has 2 N–H and O–H groups in total. The lowest BCUT2D eigenvalue weighted by Gasteiger charge is -2.11. The van der Waals surface area contributed by atoms with E-state index in [1.54, 1.807) is 32.2 Å². The van der Waals surface area contributed by atoms with Gasteiger partial charge in [0.25, 0.3) is 0 Å².